The lowest BCUT2D eigenvalue weighted by molar-refractivity contribution is -0.141. The molecule has 2 aromatic carbocycles. The number of aryl methyl sites for hydroxylation is 1. The quantitative estimate of drug-likeness (QED) is 0.280. The molecule has 1 atom stereocenters. The molecule has 7 nitrogen and oxygen atoms in total. The Bertz CT molecular complexity index is 1780. The first-order valence-electron chi connectivity index (χ1n) is 14.8. The van der Waals surface area contributed by atoms with Gasteiger partial charge in [0.1, 0.15) is 11.5 Å². The Kier molecular flexibility index (Phi) is 7.65. The number of hydrogen-bond donors (Lipinski definition) is 2. The standard InChI is InChI=1S/C34H33F3N4O3/c1-20(2)21-6-4-9-25(17-21)33(12-13-33)32-39-27-10-5-15-41(19-26(27)30(43)40-32)31(44)29(42)24-8-3-7-22(16-24)23-11-14-38-28(18-23)34(35,36)37/h3-4,6-9,11,14,16-18,20,29,42H,5,10,12-13,15,19H2,1-2H3,(H,39,40,43). The van der Waals surface area contributed by atoms with Crippen molar-refractivity contribution in [3.63, 3.8) is 0 Å². The van der Waals surface area contributed by atoms with Crippen molar-refractivity contribution in [3.8, 4) is 11.1 Å². The summed E-state index contributed by atoms with van der Waals surface area (Å²) in [5.41, 5.74) is 2.72. The summed E-state index contributed by atoms with van der Waals surface area (Å²) in [7, 11) is 0. The summed E-state index contributed by atoms with van der Waals surface area (Å²) >= 11 is 0. The first kappa shape index (κ1) is 29.7. The number of rotatable bonds is 6. The van der Waals surface area contributed by atoms with Crippen molar-refractivity contribution in [1.29, 1.82) is 0 Å². The van der Waals surface area contributed by atoms with Crippen molar-refractivity contribution in [2.24, 2.45) is 0 Å². The zero-order valence-electron chi connectivity index (χ0n) is 24.5. The van der Waals surface area contributed by atoms with Crippen LogP contribution in [0.15, 0.2) is 71.7 Å². The van der Waals surface area contributed by atoms with Gasteiger partial charge in [0, 0.05) is 12.7 Å². The number of fused-ring (bicyclic) bond motifs is 1. The van der Waals surface area contributed by atoms with Crippen LogP contribution in [0.25, 0.3) is 11.1 Å². The van der Waals surface area contributed by atoms with E-state index in [1.54, 1.807) is 18.2 Å². The molecule has 228 valence electrons. The second-order valence-electron chi connectivity index (χ2n) is 12.0. The van der Waals surface area contributed by atoms with Gasteiger partial charge < -0.3 is 15.0 Å². The van der Waals surface area contributed by atoms with Gasteiger partial charge in [0.2, 0.25) is 0 Å². The highest BCUT2D eigenvalue weighted by Crippen LogP contribution is 2.52. The molecule has 2 aliphatic rings. The lowest BCUT2D eigenvalue weighted by atomic mass is 9.90. The van der Waals surface area contributed by atoms with Crippen LogP contribution >= 0.6 is 0 Å². The van der Waals surface area contributed by atoms with Crippen LogP contribution < -0.4 is 5.56 Å². The number of aliphatic hydroxyl groups is 1. The zero-order valence-corrected chi connectivity index (χ0v) is 24.5. The smallest absolute Gasteiger partial charge is 0.378 e. The minimum absolute atomic E-state index is 0.00264. The van der Waals surface area contributed by atoms with Crippen LogP contribution in [0.3, 0.4) is 0 Å². The van der Waals surface area contributed by atoms with Gasteiger partial charge in [0.15, 0.2) is 6.10 Å². The molecule has 2 N–H and O–H groups in total. The summed E-state index contributed by atoms with van der Waals surface area (Å²) in [6.07, 6.45) is -2.22. The number of carbonyl (C=O) groups excluding carboxylic acids is 1. The van der Waals surface area contributed by atoms with Gasteiger partial charge in [0.25, 0.3) is 11.5 Å². The summed E-state index contributed by atoms with van der Waals surface area (Å²) in [5.74, 6) is 0.445. The Hall–Kier alpha value is -4.31. The van der Waals surface area contributed by atoms with Crippen molar-refractivity contribution >= 4 is 5.91 Å². The molecule has 1 aliphatic carbocycles. The van der Waals surface area contributed by atoms with Crippen molar-refractivity contribution < 1.29 is 23.1 Å². The number of nitrogens with zero attached hydrogens (tertiary/aromatic N) is 3. The second kappa shape index (κ2) is 11.3. The van der Waals surface area contributed by atoms with E-state index in [2.05, 4.69) is 42.0 Å². The van der Waals surface area contributed by atoms with Crippen LogP contribution in [0.5, 0.6) is 0 Å². The van der Waals surface area contributed by atoms with Gasteiger partial charge in [-0.05, 0) is 77.6 Å². The zero-order chi connectivity index (χ0) is 31.2. The van der Waals surface area contributed by atoms with Gasteiger partial charge >= 0.3 is 6.18 Å². The normalized spacial score (nSPS) is 16.8. The molecule has 2 aromatic heterocycles. The number of halogens is 3. The van der Waals surface area contributed by atoms with Gasteiger partial charge in [-0.3, -0.25) is 14.6 Å². The van der Waals surface area contributed by atoms with Crippen molar-refractivity contribution in [2.75, 3.05) is 6.54 Å². The fourth-order valence-corrected chi connectivity index (χ4v) is 5.99. The number of hydrogen-bond acceptors (Lipinski definition) is 5. The number of H-pyrrole nitrogens is 1. The Morgan fingerprint density at radius 3 is 2.48 bits per heavy atom. The van der Waals surface area contributed by atoms with E-state index in [0.717, 1.165) is 30.7 Å². The number of amides is 1. The van der Waals surface area contributed by atoms with E-state index in [0.29, 0.717) is 47.9 Å². The minimum Gasteiger partial charge on any atom is -0.378 e. The number of pyridine rings is 1. The third-order valence-corrected chi connectivity index (χ3v) is 8.73. The molecule has 0 radical (unpaired) electrons. The van der Waals surface area contributed by atoms with Crippen molar-refractivity contribution in [3.05, 3.63) is 117 Å². The third kappa shape index (κ3) is 5.66. The maximum absolute atomic E-state index is 13.5. The molecule has 0 spiro atoms. The number of aromatic amines is 1. The van der Waals surface area contributed by atoms with E-state index in [4.69, 9.17) is 4.98 Å². The van der Waals surface area contributed by atoms with Gasteiger partial charge in [-0.2, -0.15) is 13.2 Å². The fraction of sp³-hybridized carbons (Fsp3) is 0.353. The number of benzene rings is 2. The van der Waals surface area contributed by atoms with Gasteiger partial charge in [-0.15, -0.1) is 0 Å². The van der Waals surface area contributed by atoms with Crippen LogP contribution in [-0.2, 0) is 29.4 Å². The number of nitrogens with one attached hydrogen (secondary N) is 1. The maximum atomic E-state index is 13.5. The van der Waals surface area contributed by atoms with Gasteiger partial charge in [-0.1, -0.05) is 56.3 Å². The first-order valence-corrected chi connectivity index (χ1v) is 14.8. The minimum atomic E-state index is -4.60. The van der Waals surface area contributed by atoms with Crippen LogP contribution in [0.2, 0.25) is 0 Å². The van der Waals surface area contributed by atoms with Gasteiger partial charge in [-0.25, -0.2) is 4.98 Å². The predicted molar refractivity (Wildman–Crippen MR) is 159 cm³/mol. The van der Waals surface area contributed by atoms with Crippen molar-refractivity contribution in [2.45, 2.75) is 69.7 Å². The highest BCUT2D eigenvalue weighted by Gasteiger charge is 2.49. The average molecular weight is 603 g/mol. The first-order chi connectivity index (χ1) is 21.0. The van der Waals surface area contributed by atoms with E-state index < -0.39 is 23.9 Å². The molecule has 1 fully saturated rings. The van der Waals surface area contributed by atoms with E-state index >= 15 is 0 Å². The Labute approximate surface area is 252 Å². The monoisotopic (exact) mass is 602 g/mol. The molecule has 1 unspecified atom stereocenters. The molecule has 3 heterocycles. The summed E-state index contributed by atoms with van der Waals surface area (Å²) in [6, 6.07) is 17.0. The van der Waals surface area contributed by atoms with Crippen molar-refractivity contribution in [1.82, 2.24) is 19.9 Å². The van der Waals surface area contributed by atoms with Crippen LogP contribution in [-0.4, -0.2) is 37.4 Å². The maximum Gasteiger partial charge on any atom is 0.433 e. The molecule has 10 heteroatoms. The van der Waals surface area contributed by atoms with E-state index in [1.165, 1.54) is 22.6 Å². The number of carbonyl (C=O) groups is 1. The lowest BCUT2D eigenvalue weighted by Crippen LogP contribution is -2.36. The predicted octanol–water partition coefficient (Wildman–Crippen LogP) is 6.06. The Balaban J connectivity index is 1.24. The SMILES string of the molecule is CC(C)c1cccc(C2(c3nc4c(c(=O)[nH]3)CN(C(=O)C(O)c3cccc(-c5ccnc(C(F)(F)F)c5)c3)CCC4)CC2)c1. The summed E-state index contributed by atoms with van der Waals surface area (Å²) < 4.78 is 39.6. The molecule has 4 aromatic rings. The molecule has 44 heavy (non-hydrogen) atoms. The summed E-state index contributed by atoms with van der Waals surface area (Å²) in [5, 5.41) is 11.1. The second-order valence-corrected chi connectivity index (χ2v) is 12.0. The van der Waals surface area contributed by atoms with Crippen LogP contribution in [0.1, 0.15) is 84.6 Å². The average Bonchev–Trinajstić information content (AvgIpc) is 3.85. The highest BCUT2D eigenvalue weighted by atomic mass is 19.4. The van der Waals surface area contributed by atoms with E-state index in [-0.39, 0.29) is 28.6 Å². The molecular weight excluding hydrogens is 569 g/mol. The molecule has 6 rings (SSSR count). The number of aliphatic hydroxyl groups excluding tert-OH is 1. The molecule has 1 amide bonds. The van der Waals surface area contributed by atoms with E-state index in [9.17, 15) is 27.9 Å². The molecular formula is C34H33F3N4O3. The van der Waals surface area contributed by atoms with Gasteiger partial charge in [0.05, 0.1) is 23.2 Å². The molecule has 1 aliphatic heterocycles. The third-order valence-electron chi connectivity index (χ3n) is 8.73. The lowest BCUT2D eigenvalue weighted by Gasteiger charge is -2.24. The number of alkyl halides is 3. The largest absolute Gasteiger partial charge is 0.433 e. The highest BCUT2D eigenvalue weighted by molar-refractivity contribution is 5.83. The molecule has 1 saturated carbocycles. The van der Waals surface area contributed by atoms with Crippen LogP contribution in [0, 0.1) is 0 Å². The van der Waals surface area contributed by atoms with Crippen LogP contribution in [0.4, 0.5) is 13.2 Å². The molecule has 0 saturated heterocycles. The number of aromatic nitrogens is 3. The molecule has 0 bridgehead atoms. The summed E-state index contributed by atoms with van der Waals surface area (Å²) in [4.78, 5) is 39.8. The topological polar surface area (TPSA) is 99.2 Å². The van der Waals surface area contributed by atoms with E-state index in [1.807, 2.05) is 6.07 Å². The fourth-order valence-electron chi connectivity index (χ4n) is 5.99. The Morgan fingerprint density at radius 1 is 1.02 bits per heavy atom. The Morgan fingerprint density at radius 2 is 1.75 bits per heavy atom. The summed E-state index contributed by atoms with van der Waals surface area (Å²) in [6.45, 7) is 4.62.